The van der Waals surface area contributed by atoms with Gasteiger partial charge in [0.1, 0.15) is 5.82 Å². The Morgan fingerprint density at radius 1 is 1.21 bits per heavy atom. The highest BCUT2D eigenvalue weighted by molar-refractivity contribution is 7.17. The van der Waals surface area contributed by atoms with Crippen LogP contribution in [0.1, 0.15) is 11.3 Å². The summed E-state index contributed by atoms with van der Waals surface area (Å²) in [6.45, 7) is 2.70. The third-order valence-electron chi connectivity index (χ3n) is 3.15. The van der Waals surface area contributed by atoms with E-state index in [1.54, 1.807) is 11.3 Å². The van der Waals surface area contributed by atoms with E-state index in [0.29, 0.717) is 0 Å². The average molecular weight is 269 g/mol. The number of hydrogen-bond donors (Lipinski definition) is 2. The van der Waals surface area contributed by atoms with Crippen LogP contribution in [0.5, 0.6) is 0 Å². The van der Waals surface area contributed by atoms with E-state index in [0.717, 1.165) is 23.7 Å². The number of thiophene rings is 1. The van der Waals surface area contributed by atoms with Crippen molar-refractivity contribution < 1.29 is 0 Å². The zero-order chi connectivity index (χ0) is 13.2. The van der Waals surface area contributed by atoms with Gasteiger partial charge in [0, 0.05) is 11.2 Å². The third-order valence-corrected chi connectivity index (χ3v) is 4.16. The number of hydrogen-bond acceptors (Lipinski definition) is 4. The van der Waals surface area contributed by atoms with Crippen LogP contribution in [0.15, 0.2) is 41.8 Å². The van der Waals surface area contributed by atoms with Gasteiger partial charge in [-0.2, -0.15) is 0 Å². The minimum atomic E-state index is 0.728. The van der Waals surface area contributed by atoms with Gasteiger partial charge in [0.25, 0.3) is 0 Å². The van der Waals surface area contributed by atoms with Crippen molar-refractivity contribution in [2.24, 2.45) is 0 Å². The number of aromatic nitrogens is 1. The minimum Gasteiger partial charge on any atom is -0.397 e. The summed E-state index contributed by atoms with van der Waals surface area (Å²) in [5, 5.41) is 6.86. The SMILES string of the molecule is Cc1nc(NCc2csc3ccccc23)ccc1N. The van der Waals surface area contributed by atoms with Gasteiger partial charge in [0.05, 0.1) is 11.4 Å². The maximum atomic E-state index is 5.77. The largest absolute Gasteiger partial charge is 0.397 e. The van der Waals surface area contributed by atoms with Crippen LogP contribution in [-0.4, -0.2) is 4.98 Å². The number of pyridine rings is 1. The smallest absolute Gasteiger partial charge is 0.126 e. The number of nitrogens with zero attached hydrogens (tertiary/aromatic N) is 1. The first-order valence-corrected chi connectivity index (χ1v) is 7.04. The van der Waals surface area contributed by atoms with Crippen molar-refractivity contribution in [2.45, 2.75) is 13.5 Å². The van der Waals surface area contributed by atoms with Crippen molar-refractivity contribution in [3.63, 3.8) is 0 Å². The topological polar surface area (TPSA) is 50.9 Å². The lowest BCUT2D eigenvalue weighted by molar-refractivity contribution is 1.11. The summed E-state index contributed by atoms with van der Waals surface area (Å²) in [6.07, 6.45) is 0. The van der Waals surface area contributed by atoms with Gasteiger partial charge in [0.15, 0.2) is 0 Å². The fourth-order valence-electron chi connectivity index (χ4n) is 2.03. The normalized spacial score (nSPS) is 10.8. The summed E-state index contributed by atoms with van der Waals surface area (Å²) in [7, 11) is 0. The highest BCUT2D eigenvalue weighted by Crippen LogP contribution is 2.26. The molecule has 2 heterocycles. The first-order chi connectivity index (χ1) is 9.24. The van der Waals surface area contributed by atoms with Gasteiger partial charge in [-0.05, 0) is 41.5 Å². The van der Waals surface area contributed by atoms with Gasteiger partial charge in [-0.15, -0.1) is 11.3 Å². The van der Waals surface area contributed by atoms with Crippen LogP contribution in [-0.2, 0) is 6.54 Å². The van der Waals surface area contributed by atoms with Gasteiger partial charge in [-0.3, -0.25) is 0 Å². The molecule has 0 amide bonds. The molecule has 0 saturated carbocycles. The third kappa shape index (κ3) is 2.39. The fourth-order valence-corrected chi connectivity index (χ4v) is 2.99. The number of aryl methyl sites for hydroxylation is 1. The molecule has 19 heavy (non-hydrogen) atoms. The molecule has 0 atom stereocenters. The lowest BCUT2D eigenvalue weighted by Gasteiger charge is -2.07. The zero-order valence-electron chi connectivity index (χ0n) is 10.7. The standard InChI is InChI=1S/C15H15N3S/c1-10-13(16)6-7-15(18-10)17-8-11-9-19-14-5-3-2-4-12(11)14/h2-7,9H,8,16H2,1H3,(H,17,18). The molecule has 96 valence electrons. The lowest BCUT2D eigenvalue weighted by atomic mass is 10.2. The number of anilines is 2. The molecule has 2 aromatic heterocycles. The van der Waals surface area contributed by atoms with Gasteiger partial charge < -0.3 is 11.1 Å². The molecule has 0 aliphatic heterocycles. The van der Waals surface area contributed by atoms with Crippen LogP contribution in [0.3, 0.4) is 0 Å². The molecule has 3 rings (SSSR count). The van der Waals surface area contributed by atoms with Crippen LogP contribution in [0.25, 0.3) is 10.1 Å². The summed E-state index contributed by atoms with van der Waals surface area (Å²) >= 11 is 1.77. The molecule has 0 fully saturated rings. The Morgan fingerprint density at radius 2 is 2.05 bits per heavy atom. The van der Waals surface area contributed by atoms with E-state index in [4.69, 9.17) is 5.73 Å². The van der Waals surface area contributed by atoms with E-state index < -0.39 is 0 Å². The molecule has 3 nitrogen and oxygen atoms in total. The molecule has 0 bridgehead atoms. The summed E-state index contributed by atoms with van der Waals surface area (Å²) in [4.78, 5) is 4.42. The Balaban J connectivity index is 1.80. The minimum absolute atomic E-state index is 0.728. The second-order valence-corrected chi connectivity index (χ2v) is 5.39. The Morgan fingerprint density at radius 3 is 2.89 bits per heavy atom. The van der Waals surface area contributed by atoms with E-state index in [1.165, 1.54) is 15.6 Å². The Hall–Kier alpha value is -2.07. The number of benzene rings is 1. The van der Waals surface area contributed by atoms with E-state index >= 15 is 0 Å². The Bertz CT molecular complexity index is 718. The molecule has 0 spiro atoms. The zero-order valence-corrected chi connectivity index (χ0v) is 11.5. The van der Waals surface area contributed by atoms with Crippen LogP contribution in [0, 0.1) is 6.92 Å². The van der Waals surface area contributed by atoms with Crippen LogP contribution >= 0.6 is 11.3 Å². The molecule has 3 N–H and O–H groups in total. The second kappa shape index (κ2) is 4.90. The summed E-state index contributed by atoms with van der Waals surface area (Å²) in [5.74, 6) is 0.863. The van der Waals surface area contributed by atoms with Crippen LogP contribution < -0.4 is 11.1 Å². The Labute approximate surface area is 116 Å². The molecule has 0 saturated heterocycles. The molecule has 4 heteroatoms. The average Bonchev–Trinajstić information content (AvgIpc) is 2.83. The van der Waals surface area contributed by atoms with E-state index in [-0.39, 0.29) is 0 Å². The number of fused-ring (bicyclic) bond motifs is 1. The summed E-state index contributed by atoms with van der Waals surface area (Å²) in [6, 6.07) is 12.2. The van der Waals surface area contributed by atoms with E-state index in [9.17, 15) is 0 Å². The van der Waals surface area contributed by atoms with Gasteiger partial charge in [-0.25, -0.2) is 4.98 Å². The highest BCUT2D eigenvalue weighted by Gasteiger charge is 2.04. The van der Waals surface area contributed by atoms with Gasteiger partial charge >= 0.3 is 0 Å². The maximum absolute atomic E-state index is 5.77. The molecule has 0 aliphatic carbocycles. The Kier molecular flexibility index (Phi) is 3.09. The monoisotopic (exact) mass is 269 g/mol. The molecule has 3 aromatic rings. The van der Waals surface area contributed by atoms with Gasteiger partial charge in [-0.1, -0.05) is 18.2 Å². The van der Waals surface area contributed by atoms with Crippen molar-refractivity contribution in [2.75, 3.05) is 11.1 Å². The lowest BCUT2D eigenvalue weighted by Crippen LogP contribution is -2.02. The van der Waals surface area contributed by atoms with E-state index in [2.05, 4.69) is 39.9 Å². The molecular weight excluding hydrogens is 254 g/mol. The second-order valence-electron chi connectivity index (χ2n) is 4.48. The predicted octanol–water partition coefficient (Wildman–Crippen LogP) is 3.80. The summed E-state index contributed by atoms with van der Waals surface area (Å²) in [5.41, 5.74) is 8.66. The van der Waals surface area contributed by atoms with Crippen LogP contribution in [0.2, 0.25) is 0 Å². The molecule has 0 unspecified atom stereocenters. The first-order valence-electron chi connectivity index (χ1n) is 6.16. The van der Waals surface area contributed by atoms with Crippen molar-refractivity contribution in [1.82, 2.24) is 4.98 Å². The quantitative estimate of drug-likeness (QED) is 0.760. The van der Waals surface area contributed by atoms with Crippen molar-refractivity contribution in [3.8, 4) is 0 Å². The maximum Gasteiger partial charge on any atom is 0.126 e. The predicted molar refractivity (Wildman–Crippen MR) is 82.5 cm³/mol. The highest BCUT2D eigenvalue weighted by atomic mass is 32.1. The number of nitrogens with one attached hydrogen (secondary N) is 1. The number of nitrogens with two attached hydrogens (primary N) is 1. The van der Waals surface area contributed by atoms with Crippen molar-refractivity contribution in [3.05, 3.63) is 53.0 Å². The number of rotatable bonds is 3. The molecular formula is C15H15N3S. The summed E-state index contributed by atoms with van der Waals surface area (Å²) < 4.78 is 1.32. The van der Waals surface area contributed by atoms with Gasteiger partial charge in [0.2, 0.25) is 0 Å². The molecule has 0 aliphatic rings. The number of nitrogen functional groups attached to an aromatic ring is 1. The van der Waals surface area contributed by atoms with E-state index in [1.807, 2.05) is 19.1 Å². The fraction of sp³-hybridized carbons (Fsp3) is 0.133. The molecule has 0 radical (unpaired) electrons. The molecule has 1 aromatic carbocycles. The van der Waals surface area contributed by atoms with Crippen molar-refractivity contribution in [1.29, 1.82) is 0 Å². The van der Waals surface area contributed by atoms with Crippen molar-refractivity contribution >= 4 is 32.9 Å². The first kappa shape index (κ1) is 12.0. The van der Waals surface area contributed by atoms with Crippen LogP contribution in [0.4, 0.5) is 11.5 Å².